The Labute approximate surface area is 104 Å². The summed E-state index contributed by atoms with van der Waals surface area (Å²) in [5, 5.41) is 3.66. The van der Waals surface area contributed by atoms with Crippen molar-refractivity contribution in [3.8, 4) is 0 Å². The second kappa shape index (κ2) is 6.22. The first kappa shape index (κ1) is 12.7. The van der Waals surface area contributed by atoms with Crippen LogP contribution in [-0.4, -0.2) is 30.6 Å². The fraction of sp³-hybridized carbons (Fsp3) is 0.714. The van der Waals surface area contributed by atoms with E-state index in [0.717, 1.165) is 25.6 Å². The molecular formula is C14H24N2O. The van der Waals surface area contributed by atoms with E-state index >= 15 is 0 Å². The number of hydrogen-bond donors (Lipinski definition) is 1. The van der Waals surface area contributed by atoms with Gasteiger partial charge >= 0.3 is 0 Å². The van der Waals surface area contributed by atoms with Crippen LogP contribution in [0.3, 0.4) is 0 Å². The lowest BCUT2D eigenvalue weighted by Gasteiger charge is -2.25. The monoisotopic (exact) mass is 236 g/mol. The van der Waals surface area contributed by atoms with E-state index in [4.69, 9.17) is 4.42 Å². The number of furan rings is 1. The summed E-state index contributed by atoms with van der Waals surface area (Å²) in [5.74, 6) is 0.765. The molecule has 1 atom stereocenters. The van der Waals surface area contributed by atoms with Crippen molar-refractivity contribution in [2.45, 2.75) is 39.3 Å². The molecule has 1 unspecified atom stereocenters. The van der Waals surface area contributed by atoms with Gasteiger partial charge in [0, 0.05) is 24.7 Å². The molecule has 0 aliphatic carbocycles. The van der Waals surface area contributed by atoms with Crippen molar-refractivity contribution < 1.29 is 4.42 Å². The Morgan fingerprint density at radius 2 is 2.41 bits per heavy atom. The molecule has 0 bridgehead atoms. The van der Waals surface area contributed by atoms with Crippen molar-refractivity contribution in [2.75, 3.05) is 19.6 Å². The Kier molecular flexibility index (Phi) is 4.63. The lowest BCUT2D eigenvalue weighted by molar-refractivity contribution is 0.247. The van der Waals surface area contributed by atoms with Crippen molar-refractivity contribution in [3.63, 3.8) is 0 Å². The van der Waals surface area contributed by atoms with Gasteiger partial charge in [-0.25, -0.2) is 0 Å². The summed E-state index contributed by atoms with van der Waals surface area (Å²) in [7, 11) is 0. The van der Waals surface area contributed by atoms with Crippen LogP contribution >= 0.6 is 0 Å². The van der Waals surface area contributed by atoms with Crippen molar-refractivity contribution in [3.05, 3.63) is 24.2 Å². The number of nitrogens with one attached hydrogen (secondary N) is 1. The third kappa shape index (κ3) is 4.17. The molecule has 1 N–H and O–H groups in total. The maximum Gasteiger partial charge on any atom is 0.0947 e. The summed E-state index contributed by atoms with van der Waals surface area (Å²) in [6, 6.07) is 2.71. The van der Waals surface area contributed by atoms with Crippen LogP contribution in [0.25, 0.3) is 0 Å². The predicted octanol–water partition coefficient (Wildman–Crippen LogP) is 2.49. The zero-order valence-corrected chi connectivity index (χ0v) is 11.0. The molecule has 2 rings (SSSR count). The summed E-state index contributed by atoms with van der Waals surface area (Å²) < 4.78 is 5.14. The molecule has 2 heterocycles. The third-order valence-electron chi connectivity index (χ3n) is 3.30. The molecule has 1 fully saturated rings. The average molecular weight is 236 g/mol. The molecule has 0 spiro atoms. The Morgan fingerprint density at radius 1 is 1.53 bits per heavy atom. The largest absolute Gasteiger partial charge is 0.472 e. The highest BCUT2D eigenvalue weighted by Gasteiger charge is 2.18. The van der Waals surface area contributed by atoms with E-state index in [-0.39, 0.29) is 0 Å². The molecule has 3 nitrogen and oxygen atoms in total. The van der Waals surface area contributed by atoms with Crippen LogP contribution in [0.1, 0.15) is 32.3 Å². The first-order valence-electron chi connectivity index (χ1n) is 6.71. The van der Waals surface area contributed by atoms with E-state index in [2.05, 4.69) is 30.1 Å². The van der Waals surface area contributed by atoms with Crippen LogP contribution in [0.5, 0.6) is 0 Å². The van der Waals surface area contributed by atoms with Gasteiger partial charge in [-0.1, -0.05) is 13.8 Å². The fourth-order valence-corrected chi connectivity index (χ4v) is 2.59. The van der Waals surface area contributed by atoms with Gasteiger partial charge in [-0.15, -0.1) is 0 Å². The molecular weight excluding hydrogens is 212 g/mol. The Hall–Kier alpha value is -0.800. The molecule has 1 aromatic heterocycles. The fourth-order valence-electron chi connectivity index (χ4n) is 2.59. The minimum absolute atomic E-state index is 0.643. The van der Waals surface area contributed by atoms with E-state index in [9.17, 15) is 0 Å². The molecule has 17 heavy (non-hydrogen) atoms. The molecule has 0 saturated carbocycles. The van der Waals surface area contributed by atoms with Crippen molar-refractivity contribution in [2.24, 2.45) is 5.92 Å². The number of rotatable bonds is 4. The zero-order valence-electron chi connectivity index (χ0n) is 11.0. The van der Waals surface area contributed by atoms with Gasteiger partial charge in [-0.3, -0.25) is 4.90 Å². The van der Waals surface area contributed by atoms with Gasteiger partial charge in [-0.2, -0.15) is 0 Å². The summed E-state index contributed by atoms with van der Waals surface area (Å²) in [5.41, 5.74) is 1.29. The zero-order chi connectivity index (χ0) is 12.1. The van der Waals surface area contributed by atoms with Gasteiger partial charge in [0.25, 0.3) is 0 Å². The molecule has 1 aliphatic rings. The molecule has 3 heteroatoms. The second-order valence-electron chi connectivity index (χ2n) is 5.50. The summed E-state index contributed by atoms with van der Waals surface area (Å²) in [6.45, 7) is 9.11. The lowest BCUT2D eigenvalue weighted by atomic mass is 10.0. The average Bonchev–Trinajstić information content (AvgIpc) is 2.66. The molecule has 0 amide bonds. The van der Waals surface area contributed by atoms with Crippen LogP contribution in [0.15, 0.2) is 23.0 Å². The third-order valence-corrected chi connectivity index (χ3v) is 3.30. The van der Waals surface area contributed by atoms with E-state index in [1.807, 2.05) is 6.26 Å². The maximum atomic E-state index is 5.14. The Morgan fingerprint density at radius 3 is 3.12 bits per heavy atom. The summed E-state index contributed by atoms with van der Waals surface area (Å²) in [6.07, 6.45) is 6.13. The SMILES string of the molecule is CC(C)CC1CN(Cc2ccoc2)CCCN1. The van der Waals surface area contributed by atoms with Gasteiger partial charge in [0.1, 0.15) is 0 Å². The predicted molar refractivity (Wildman–Crippen MR) is 69.8 cm³/mol. The van der Waals surface area contributed by atoms with E-state index in [1.54, 1.807) is 6.26 Å². The van der Waals surface area contributed by atoms with E-state index in [0.29, 0.717) is 6.04 Å². The van der Waals surface area contributed by atoms with E-state index in [1.165, 1.54) is 24.9 Å². The van der Waals surface area contributed by atoms with Gasteiger partial charge in [0.2, 0.25) is 0 Å². The summed E-state index contributed by atoms with van der Waals surface area (Å²) >= 11 is 0. The van der Waals surface area contributed by atoms with Crippen molar-refractivity contribution in [1.29, 1.82) is 0 Å². The highest BCUT2D eigenvalue weighted by atomic mass is 16.3. The van der Waals surface area contributed by atoms with Crippen molar-refractivity contribution >= 4 is 0 Å². The standard InChI is InChI=1S/C14H24N2O/c1-12(2)8-14-10-16(6-3-5-15-14)9-13-4-7-17-11-13/h4,7,11-12,14-15H,3,5-6,8-10H2,1-2H3. The maximum absolute atomic E-state index is 5.14. The molecule has 0 aromatic carbocycles. The quantitative estimate of drug-likeness (QED) is 0.870. The molecule has 1 saturated heterocycles. The van der Waals surface area contributed by atoms with Crippen LogP contribution in [0.4, 0.5) is 0 Å². The van der Waals surface area contributed by atoms with Gasteiger partial charge in [-0.05, 0) is 37.9 Å². The number of nitrogens with zero attached hydrogens (tertiary/aromatic N) is 1. The topological polar surface area (TPSA) is 28.4 Å². The lowest BCUT2D eigenvalue weighted by Crippen LogP contribution is -2.38. The van der Waals surface area contributed by atoms with E-state index < -0.39 is 0 Å². The first-order valence-corrected chi connectivity index (χ1v) is 6.71. The Balaban J connectivity index is 1.88. The summed E-state index contributed by atoms with van der Waals surface area (Å²) in [4.78, 5) is 2.54. The Bertz CT molecular complexity index is 308. The van der Waals surface area contributed by atoms with Crippen LogP contribution < -0.4 is 5.32 Å². The smallest absolute Gasteiger partial charge is 0.0947 e. The first-order chi connectivity index (χ1) is 8.24. The van der Waals surface area contributed by atoms with Crippen molar-refractivity contribution in [1.82, 2.24) is 10.2 Å². The van der Waals surface area contributed by atoms with Gasteiger partial charge < -0.3 is 9.73 Å². The number of hydrogen-bond acceptors (Lipinski definition) is 3. The van der Waals surface area contributed by atoms with Crippen LogP contribution in [0.2, 0.25) is 0 Å². The van der Waals surface area contributed by atoms with Crippen LogP contribution in [-0.2, 0) is 6.54 Å². The highest BCUT2D eigenvalue weighted by molar-refractivity contribution is 5.05. The van der Waals surface area contributed by atoms with Gasteiger partial charge in [0.05, 0.1) is 12.5 Å². The van der Waals surface area contributed by atoms with Crippen LogP contribution in [0, 0.1) is 5.92 Å². The molecule has 0 radical (unpaired) electrons. The minimum atomic E-state index is 0.643. The molecule has 96 valence electrons. The molecule has 1 aliphatic heterocycles. The minimum Gasteiger partial charge on any atom is -0.472 e. The van der Waals surface area contributed by atoms with Gasteiger partial charge in [0.15, 0.2) is 0 Å². The normalized spacial score (nSPS) is 22.9. The molecule has 1 aromatic rings. The second-order valence-corrected chi connectivity index (χ2v) is 5.50. The highest BCUT2D eigenvalue weighted by Crippen LogP contribution is 2.12.